The molecule has 31 heavy (non-hydrogen) atoms. The van der Waals surface area contributed by atoms with Crippen LogP contribution in [-0.2, 0) is 4.79 Å². The first-order valence-corrected chi connectivity index (χ1v) is 11.5. The zero-order valence-electron chi connectivity index (χ0n) is 17.2. The molecule has 1 aliphatic heterocycles. The van der Waals surface area contributed by atoms with E-state index in [4.69, 9.17) is 23.2 Å². The van der Waals surface area contributed by atoms with E-state index in [1.165, 1.54) is 11.8 Å². The van der Waals surface area contributed by atoms with E-state index in [9.17, 15) is 4.79 Å². The standard InChI is InChI=1S/C22H21Cl2N5OS/c1-4-31-22-27-21-25-13(3)18(20(30)26-17-8-6-5-7-12(17)2)19(29(21)28-22)15-10-9-14(23)11-16(15)24/h5-11,19H,4H2,1-3H3,(H,26,30)(H,25,27,28)/t19-/m0/s1. The summed E-state index contributed by atoms with van der Waals surface area (Å²) >= 11 is 14.2. The molecule has 2 N–H and O–H groups in total. The molecule has 0 saturated carbocycles. The van der Waals surface area contributed by atoms with Gasteiger partial charge in [0.15, 0.2) is 0 Å². The van der Waals surface area contributed by atoms with Gasteiger partial charge in [0.1, 0.15) is 6.04 Å². The maximum absolute atomic E-state index is 13.5. The molecule has 1 aromatic heterocycles. The van der Waals surface area contributed by atoms with E-state index in [1.807, 2.05) is 51.1 Å². The summed E-state index contributed by atoms with van der Waals surface area (Å²) in [5, 5.41) is 12.5. The summed E-state index contributed by atoms with van der Waals surface area (Å²) in [5.41, 5.74) is 3.65. The zero-order valence-corrected chi connectivity index (χ0v) is 19.6. The van der Waals surface area contributed by atoms with Crippen LogP contribution < -0.4 is 10.6 Å². The van der Waals surface area contributed by atoms with Gasteiger partial charge in [-0.3, -0.25) is 4.79 Å². The second-order valence-corrected chi connectivity index (χ2v) is 9.17. The van der Waals surface area contributed by atoms with Crippen molar-refractivity contribution in [2.75, 3.05) is 16.4 Å². The van der Waals surface area contributed by atoms with Gasteiger partial charge in [-0.25, -0.2) is 4.68 Å². The lowest BCUT2D eigenvalue weighted by atomic mass is 9.95. The highest BCUT2D eigenvalue weighted by Crippen LogP contribution is 2.40. The van der Waals surface area contributed by atoms with Gasteiger partial charge >= 0.3 is 0 Å². The first-order valence-electron chi connectivity index (χ1n) is 9.78. The van der Waals surface area contributed by atoms with Crippen LogP contribution in [0.4, 0.5) is 11.6 Å². The molecule has 0 saturated heterocycles. The summed E-state index contributed by atoms with van der Waals surface area (Å²) in [6.45, 7) is 5.85. The second kappa shape index (κ2) is 8.94. The molecule has 160 valence electrons. The number of carbonyl (C=O) groups is 1. The number of hydrogen-bond donors (Lipinski definition) is 2. The van der Waals surface area contributed by atoms with Gasteiger partial charge in [-0.15, -0.1) is 5.10 Å². The molecular weight excluding hydrogens is 453 g/mol. The molecule has 6 nitrogen and oxygen atoms in total. The summed E-state index contributed by atoms with van der Waals surface area (Å²) in [5.74, 6) is 1.17. The molecule has 1 amide bonds. The van der Waals surface area contributed by atoms with Crippen LogP contribution in [0.5, 0.6) is 0 Å². The van der Waals surface area contributed by atoms with Gasteiger partial charge in [0, 0.05) is 27.0 Å². The van der Waals surface area contributed by atoms with Crippen LogP contribution in [0.3, 0.4) is 0 Å². The fraction of sp³-hybridized carbons (Fsp3) is 0.227. The van der Waals surface area contributed by atoms with Gasteiger partial charge in [0.25, 0.3) is 5.91 Å². The van der Waals surface area contributed by atoms with Crippen molar-refractivity contribution in [3.05, 3.63) is 74.9 Å². The van der Waals surface area contributed by atoms with E-state index in [2.05, 4.69) is 20.7 Å². The number of carbonyl (C=O) groups excluding carboxylic acids is 1. The summed E-state index contributed by atoms with van der Waals surface area (Å²) in [6.07, 6.45) is 0. The van der Waals surface area contributed by atoms with Gasteiger partial charge in [-0.1, -0.05) is 66.2 Å². The number of nitrogens with one attached hydrogen (secondary N) is 2. The molecule has 1 aliphatic rings. The Bertz CT molecular complexity index is 1190. The third-order valence-corrected chi connectivity index (χ3v) is 6.28. The lowest BCUT2D eigenvalue weighted by Gasteiger charge is -2.29. The van der Waals surface area contributed by atoms with Crippen molar-refractivity contribution in [2.45, 2.75) is 32.0 Å². The number of benzene rings is 2. The highest BCUT2D eigenvalue weighted by atomic mass is 35.5. The number of allylic oxidation sites excluding steroid dienone is 1. The van der Waals surface area contributed by atoms with Crippen molar-refractivity contribution in [1.82, 2.24) is 14.8 Å². The van der Waals surface area contributed by atoms with Crippen LogP contribution >= 0.6 is 35.0 Å². The summed E-state index contributed by atoms with van der Waals surface area (Å²) in [6, 6.07) is 12.4. The minimum atomic E-state index is -0.552. The molecule has 1 atom stereocenters. The molecule has 9 heteroatoms. The number of nitrogens with zero attached hydrogens (tertiary/aromatic N) is 3. The number of hydrogen-bond acceptors (Lipinski definition) is 5. The third-order valence-electron chi connectivity index (χ3n) is 5.00. The van der Waals surface area contributed by atoms with Crippen molar-refractivity contribution < 1.29 is 4.79 Å². The highest BCUT2D eigenvalue weighted by molar-refractivity contribution is 7.99. The second-order valence-electron chi connectivity index (χ2n) is 7.10. The van der Waals surface area contributed by atoms with Gasteiger partial charge in [0.05, 0.1) is 5.57 Å². The Hall–Kier alpha value is -2.48. The molecule has 4 rings (SSSR count). The monoisotopic (exact) mass is 473 g/mol. The van der Waals surface area contributed by atoms with Crippen molar-refractivity contribution in [2.24, 2.45) is 0 Å². The van der Waals surface area contributed by atoms with Crippen LogP contribution in [0.2, 0.25) is 10.0 Å². The SMILES string of the molecule is CCSc1nc2n(n1)[C@@H](c1ccc(Cl)cc1Cl)C(C(=O)Nc1ccccc1C)=C(C)N2. The van der Waals surface area contributed by atoms with Crippen molar-refractivity contribution >= 4 is 52.5 Å². The molecule has 0 unspecified atom stereocenters. The van der Waals surface area contributed by atoms with E-state index in [0.717, 1.165) is 22.6 Å². The van der Waals surface area contributed by atoms with Crippen LogP contribution in [0.25, 0.3) is 0 Å². The number of halogens is 2. The number of aromatic nitrogens is 3. The topological polar surface area (TPSA) is 71.8 Å². The van der Waals surface area contributed by atoms with E-state index in [0.29, 0.717) is 32.4 Å². The maximum Gasteiger partial charge on any atom is 0.255 e. The Labute approximate surface area is 195 Å². The van der Waals surface area contributed by atoms with Gasteiger partial charge in [-0.2, -0.15) is 4.98 Å². The number of amides is 1. The number of fused-ring (bicyclic) bond motifs is 1. The highest BCUT2D eigenvalue weighted by Gasteiger charge is 2.35. The normalized spacial score (nSPS) is 15.5. The van der Waals surface area contributed by atoms with Crippen molar-refractivity contribution in [1.29, 1.82) is 0 Å². The Morgan fingerprint density at radius 3 is 2.71 bits per heavy atom. The molecule has 2 aromatic carbocycles. The third kappa shape index (κ3) is 4.31. The molecule has 3 aromatic rings. The fourth-order valence-corrected chi connectivity index (χ4v) is 4.60. The number of rotatable bonds is 5. The van der Waals surface area contributed by atoms with E-state index in [1.54, 1.807) is 16.8 Å². The summed E-state index contributed by atoms with van der Waals surface area (Å²) in [4.78, 5) is 18.1. The largest absolute Gasteiger partial charge is 0.328 e. The Morgan fingerprint density at radius 2 is 2.00 bits per heavy atom. The van der Waals surface area contributed by atoms with Crippen molar-refractivity contribution in [3.63, 3.8) is 0 Å². The number of para-hydroxylation sites is 1. The minimum absolute atomic E-state index is 0.235. The predicted molar refractivity (Wildman–Crippen MR) is 127 cm³/mol. The number of thioether (sulfide) groups is 1. The molecular formula is C22H21Cl2N5OS. The number of anilines is 2. The smallest absolute Gasteiger partial charge is 0.255 e. The average molecular weight is 474 g/mol. The molecule has 0 fully saturated rings. The first kappa shape index (κ1) is 21.7. The lowest BCUT2D eigenvalue weighted by Crippen LogP contribution is -2.31. The molecule has 0 radical (unpaired) electrons. The summed E-state index contributed by atoms with van der Waals surface area (Å²) < 4.78 is 1.72. The quantitative estimate of drug-likeness (QED) is 0.449. The van der Waals surface area contributed by atoms with Crippen LogP contribution in [-0.4, -0.2) is 26.4 Å². The van der Waals surface area contributed by atoms with Gasteiger partial charge in [-0.05, 0) is 43.4 Å². The Morgan fingerprint density at radius 1 is 1.23 bits per heavy atom. The maximum atomic E-state index is 13.5. The van der Waals surface area contributed by atoms with Crippen LogP contribution in [0, 0.1) is 6.92 Å². The fourth-order valence-electron chi connectivity index (χ4n) is 3.53. The molecule has 2 heterocycles. The zero-order chi connectivity index (χ0) is 22.1. The predicted octanol–water partition coefficient (Wildman–Crippen LogP) is 5.93. The van der Waals surface area contributed by atoms with Gasteiger partial charge < -0.3 is 10.6 Å². The van der Waals surface area contributed by atoms with E-state index in [-0.39, 0.29) is 5.91 Å². The first-order chi connectivity index (χ1) is 14.9. The van der Waals surface area contributed by atoms with Crippen molar-refractivity contribution in [3.8, 4) is 0 Å². The van der Waals surface area contributed by atoms with Crippen LogP contribution in [0.1, 0.15) is 31.0 Å². The van der Waals surface area contributed by atoms with E-state index < -0.39 is 6.04 Å². The Balaban J connectivity index is 1.82. The molecule has 0 bridgehead atoms. The van der Waals surface area contributed by atoms with Gasteiger partial charge in [0.2, 0.25) is 11.1 Å². The van der Waals surface area contributed by atoms with Crippen LogP contribution in [0.15, 0.2) is 58.9 Å². The van der Waals surface area contributed by atoms with E-state index >= 15 is 0 Å². The average Bonchev–Trinajstić information content (AvgIpc) is 3.11. The lowest BCUT2D eigenvalue weighted by molar-refractivity contribution is -0.113. The summed E-state index contributed by atoms with van der Waals surface area (Å²) in [7, 11) is 0. The molecule has 0 spiro atoms. The minimum Gasteiger partial charge on any atom is -0.328 e. The number of aryl methyl sites for hydroxylation is 1. The molecule has 0 aliphatic carbocycles. The Kier molecular flexibility index (Phi) is 6.27.